The van der Waals surface area contributed by atoms with Crippen LogP contribution in [-0.2, 0) is 9.53 Å². The maximum Gasteiger partial charge on any atom is 0.321 e. The van der Waals surface area contributed by atoms with Gasteiger partial charge in [-0.05, 0) is 29.8 Å². The topological polar surface area (TPSA) is 80.3 Å². The van der Waals surface area contributed by atoms with Crippen molar-refractivity contribution in [2.45, 2.75) is 5.92 Å². The number of methoxy groups -OCH3 is 3. The number of hydrogen-bond donors (Lipinski definition) is 0. The Morgan fingerprint density at radius 2 is 1.58 bits per heavy atom. The first kappa shape index (κ1) is 17.6. The fourth-order valence-corrected chi connectivity index (χ4v) is 2.72. The summed E-state index contributed by atoms with van der Waals surface area (Å²) in [5, 5.41) is 0. The quantitative estimate of drug-likeness (QED) is 0.446. The Kier molecular flexibility index (Phi) is 4.97. The molecule has 0 aliphatic carbocycles. The van der Waals surface area contributed by atoms with E-state index >= 15 is 0 Å². The van der Waals surface area contributed by atoms with Gasteiger partial charge >= 0.3 is 5.97 Å². The van der Waals surface area contributed by atoms with Gasteiger partial charge < -0.3 is 23.7 Å². The van der Waals surface area contributed by atoms with Gasteiger partial charge in [0.05, 0.1) is 21.3 Å². The van der Waals surface area contributed by atoms with Crippen molar-refractivity contribution >= 4 is 11.8 Å². The Hall–Kier alpha value is -3.22. The van der Waals surface area contributed by atoms with E-state index in [1.54, 1.807) is 36.4 Å². The van der Waals surface area contributed by atoms with Gasteiger partial charge in [-0.1, -0.05) is 6.07 Å². The first-order chi connectivity index (χ1) is 12.6. The third kappa shape index (κ3) is 3.28. The highest BCUT2D eigenvalue weighted by Gasteiger charge is 2.32. The molecule has 26 heavy (non-hydrogen) atoms. The summed E-state index contributed by atoms with van der Waals surface area (Å²) in [6.07, 6.45) is 0. The molecule has 1 aliphatic rings. The van der Waals surface area contributed by atoms with Crippen molar-refractivity contribution < 1.29 is 33.3 Å². The number of carbonyl (C=O) groups excluding carboxylic acids is 2. The average molecular weight is 358 g/mol. The van der Waals surface area contributed by atoms with Crippen LogP contribution < -0.4 is 18.9 Å². The van der Waals surface area contributed by atoms with Crippen LogP contribution >= 0.6 is 0 Å². The van der Waals surface area contributed by atoms with Crippen LogP contribution in [0.15, 0.2) is 36.4 Å². The fourth-order valence-electron chi connectivity index (χ4n) is 2.72. The Labute approximate surface area is 150 Å². The molecule has 0 saturated heterocycles. The minimum Gasteiger partial charge on any atom is -0.497 e. The van der Waals surface area contributed by atoms with Gasteiger partial charge in [-0.15, -0.1) is 0 Å². The molecule has 0 amide bonds. The van der Waals surface area contributed by atoms with E-state index in [1.807, 2.05) is 0 Å². The van der Waals surface area contributed by atoms with Crippen molar-refractivity contribution in [3.63, 3.8) is 0 Å². The van der Waals surface area contributed by atoms with Crippen LogP contribution in [0.4, 0.5) is 0 Å². The summed E-state index contributed by atoms with van der Waals surface area (Å²) in [7, 11) is 4.21. The van der Waals surface area contributed by atoms with Crippen molar-refractivity contribution in [1.82, 2.24) is 0 Å². The first-order valence-electron chi connectivity index (χ1n) is 7.82. The maximum atomic E-state index is 13.1. The first-order valence-corrected chi connectivity index (χ1v) is 7.82. The van der Waals surface area contributed by atoms with Crippen LogP contribution in [0.5, 0.6) is 23.0 Å². The number of fused-ring (bicyclic) bond motifs is 1. The van der Waals surface area contributed by atoms with Gasteiger partial charge in [0.2, 0.25) is 6.79 Å². The lowest BCUT2D eigenvalue weighted by molar-refractivity contribution is -0.141. The number of hydrogen-bond acceptors (Lipinski definition) is 7. The van der Waals surface area contributed by atoms with Crippen LogP contribution in [0.3, 0.4) is 0 Å². The number of esters is 1. The zero-order chi connectivity index (χ0) is 18.7. The summed E-state index contributed by atoms with van der Waals surface area (Å²) in [6, 6.07) is 9.66. The molecule has 1 atom stereocenters. The summed E-state index contributed by atoms with van der Waals surface area (Å²) in [5.74, 6) is -0.320. The van der Waals surface area contributed by atoms with E-state index in [2.05, 4.69) is 0 Å². The molecule has 1 heterocycles. The van der Waals surface area contributed by atoms with Gasteiger partial charge in [-0.25, -0.2) is 0 Å². The molecule has 0 saturated carbocycles. The molecule has 2 aromatic carbocycles. The van der Waals surface area contributed by atoms with E-state index in [4.69, 9.17) is 23.7 Å². The lowest BCUT2D eigenvalue weighted by Gasteiger charge is -2.16. The third-order valence-corrected chi connectivity index (χ3v) is 4.06. The number of benzene rings is 2. The van der Waals surface area contributed by atoms with E-state index in [0.717, 1.165) is 0 Å². The van der Waals surface area contributed by atoms with Crippen LogP contribution in [0.1, 0.15) is 21.8 Å². The van der Waals surface area contributed by atoms with Crippen LogP contribution in [0.25, 0.3) is 0 Å². The van der Waals surface area contributed by atoms with E-state index in [1.165, 1.54) is 21.3 Å². The highest BCUT2D eigenvalue weighted by atomic mass is 16.7. The molecule has 0 spiro atoms. The van der Waals surface area contributed by atoms with E-state index in [0.29, 0.717) is 28.6 Å². The van der Waals surface area contributed by atoms with Crippen molar-refractivity contribution in [3.8, 4) is 23.0 Å². The van der Waals surface area contributed by atoms with Crippen LogP contribution in [0, 0.1) is 0 Å². The maximum absolute atomic E-state index is 13.1. The summed E-state index contributed by atoms with van der Waals surface area (Å²) in [6.45, 7) is 0.0999. The van der Waals surface area contributed by atoms with Gasteiger partial charge in [0, 0.05) is 11.6 Å². The molecule has 7 heteroatoms. The Balaban J connectivity index is 2.03. The zero-order valence-electron chi connectivity index (χ0n) is 14.6. The normalized spacial score (nSPS) is 13.0. The number of ether oxygens (including phenoxy) is 5. The zero-order valence-corrected chi connectivity index (χ0v) is 14.6. The molecule has 0 N–H and O–H groups in total. The smallest absolute Gasteiger partial charge is 0.321 e. The van der Waals surface area contributed by atoms with Gasteiger partial charge in [-0.3, -0.25) is 9.59 Å². The number of rotatable bonds is 6. The fraction of sp³-hybridized carbons (Fsp3) is 0.263. The van der Waals surface area contributed by atoms with E-state index in [9.17, 15) is 9.59 Å². The molecule has 1 aliphatic heterocycles. The molecule has 1 unspecified atom stereocenters. The lowest BCUT2D eigenvalue weighted by atomic mass is 9.90. The minimum absolute atomic E-state index is 0.0999. The second-order valence-electron chi connectivity index (χ2n) is 5.53. The summed E-state index contributed by atoms with van der Waals surface area (Å²) in [5.41, 5.74) is 0.724. The molecule has 3 rings (SSSR count). The van der Waals surface area contributed by atoms with Crippen molar-refractivity contribution in [1.29, 1.82) is 0 Å². The highest BCUT2D eigenvalue weighted by molar-refractivity contribution is 6.13. The van der Waals surface area contributed by atoms with Crippen molar-refractivity contribution in [2.24, 2.45) is 0 Å². The highest BCUT2D eigenvalue weighted by Crippen LogP contribution is 2.36. The van der Waals surface area contributed by atoms with Gasteiger partial charge in [0.15, 0.2) is 17.3 Å². The summed E-state index contributed by atoms with van der Waals surface area (Å²) in [4.78, 5) is 25.5. The van der Waals surface area contributed by atoms with Crippen LogP contribution in [-0.4, -0.2) is 39.9 Å². The largest absolute Gasteiger partial charge is 0.497 e. The Morgan fingerprint density at radius 3 is 2.19 bits per heavy atom. The third-order valence-electron chi connectivity index (χ3n) is 4.06. The molecule has 0 bridgehead atoms. The van der Waals surface area contributed by atoms with Gasteiger partial charge in [-0.2, -0.15) is 0 Å². The standard InChI is InChI=1S/C19H18O7/c1-22-13-6-12(7-14(9-13)23-2)18(20)17(19(21)24-3)11-4-5-15-16(8-11)26-10-25-15/h4-9,17H,10H2,1-3H3. The van der Waals surface area contributed by atoms with Gasteiger partial charge in [0.25, 0.3) is 0 Å². The van der Waals surface area contributed by atoms with Crippen molar-refractivity contribution in [3.05, 3.63) is 47.5 Å². The molecule has 2 aromatic rings. The lowest BCUT2D eigenvalue weighted by Crippen LogP contribution is -2.23. The molecular formula is C19H18O7. The summed E-state index contributed by atoms with van der Waals surface area (Å²) >= 11 is 0. The predicted molar refractivity (Wildman–Crippen MR) is 91.2 cm³/mol. The second kappa shape index (κ2) is 7.35. The molecule has 0 fully saturated rings. The Bertz CT molecular complexity index is 822. The molecule has 7 nitrogen and oxygen atoms in total. The Morgan fingerprint density at radius 1 is 0.923 bits per heavy atom. The number of ketones is 1. The van der Waals surface area contributed by atoms with Gasteiger partial charge in [0.1, 0.15) is 17.4 Å². The molecule has 0 aromatic heterocycles. The minimum atomic E-state index is -1.15. The monoisotopic (exact) mass is 358 g/mol. The summed E-state index contributed by atoms with van der Waals surface area (Å²) < 4.78 is 25.8. The number of carbonyl (C=O) groups is 2. The molecule has 136 valence electrons. The van der Waals surface area contributed by atoms with Crippen LogP contribution in [0.2, 0.25) is 0 Å². The van der Waals surface area contributed by atoms with E-state index < -0.39 is 17.7 Å². The van der Waals surface area contributed by atoms with Crippen molar-refractivity contribution in [2.75, 3.05) is 28.1 Å². The molecule has 0 radical (unpaired) electrons. The molecular weight excluding hydrogens is 340 g/mol. The second-order valence-corrected chi connectivity index (χ2v) is 5.53. The van der Waals surface area contributed by atoms with E-state index in [-0.39, 0.29) is 12.4 Å². The average Bonchev–Trinajstić information content (AvgIpc) is 3.15. The number of Topliss-reactive ketones (excluding diaryl/α,β-unsaturated/α-hetero) is 1. The SMILES string of the molecule is COC(=O)C(C(=O)c1cc(OC)cc(OC)c1)c1ccc2c(c1)OCO2. The predicted octanol–water partition coefficient (Wildman–Crippen LogP) is 2.57.